The SMILES string of the molecule is CCNC(=NCC(C(C)C)N1CCc2ccccc2C1)N1CC[C@@H](O)C1.I. The number of benzene rings is 1. The molecular formula is C21H35IN4O. The molecule has 6 heteroatoms. The molecule has 2 heterocycles. The van der Waals surface area contributed by atoms with E-state index < -0.39 is 0 Å². The molecule has 27 heavy (non-hydrogen) atoms. The van der Waals surface area contributed by atoms with Crippen molar-refractivity contribution >= 4 is 29.9 Å². The van der Waals surface area contributed by atoms with Gasteiger partial charge in [-0.1, -0.05) is 38.1 Å². The lowest BCUT2D eigenvalue weighted by molar-refractivity contribution is 0.144. The number of aliphatic imine (C=N–C) groups is 1. The first kappa shape index (κ1) is 22.4. The maximum Gasteiger partial charge on any atom is 0.194 e. The second-order valence-electron chi connectivity index (χ2n) is 7.88. The van der Waals surface area contributed by atoms with Crippen LogP contribution in [0.15, 0.2) is 29.3 Å². The fourth-order valence-corrected chi connectivity index (χ4v) is 4.09. The minimum atomic E-state index is -0.224. The molecule has 5 nitrogen and oxygen atoms in total. The molecular weight excluding hydrogens is 451 g/mol. The summed E-state index contributed by atoms with van der Waals surface area (Å²) in [4.78, 5) is 9.75. The average Bonchev–Trinajstić information content (AvgIpc) is 3.07. The third kappa shape index (κ3) is 5.81. The van der Waals surface area contributed by atoms with Crippen LogP contribution in [0.4, 0.5) is 0 Å². The van der Waals surface area contributed by atoms with Crippen LogP contribution in [0, 0.1) is 5.92 Å². The van der Waals surface area contributed by atoms with E-state index in [9.17, 15) is 5.11 Å². The molecule has 0 aromatic heterocycles. The highest BCUT2D eigenvalue weighted by Crippen LogP contribution is 2.23. The van der Waals surface area contributed by atoms with Crippen molar-refractivity contribution in [2.75, 3.05) is 32.7 Å². The Kier molecular flexibility index (Phi) is 8.82. The second-order valence-corrected chi connectivity index (χ2v) is 7.88. The van der Waals surface area contributed by atoms with Crippen LogP contribution in [0.1, 0.15) is 38.3 Å². The molecule has 0 bridgehead atoms. The van der Waals surface area contributed by atoms with Gasteiger partial charge in [0.15, 0.2) is 5.96 Å². The Labute approximate surface area is 181 Å². The first-order valence-corrected chi connectivity index (χ1v) is 10.1. The predicted octanol–water partition coefficient (Wildman–Crippen LogP) is 2.72. The van der Waals surface area contributed by atoms with Crippen LogP contribution >= 0.6 is 24.0 Å². The third-order valence-electron chi connectivity index (χ3n) is 5.62. The van der Waals surface area contributed by atoms with Crippen molar-refractivity contribution in [2.45, 2.75) is 52.3 Å². The average molecular weight is 486 g/mol. The molecule has 2 atom stereocenters. The monoisotopic (exact) mass is 486 g/mol. The lowest BCUT2D eigenvalue weighted by atomic mass is 9.95. The number of aliphatic hydroxyl groups excluding tert-OH is 1. The van der Waals surface area contributed by atoms with E-state index in [4.69, 9.17) is 4.99 Å². The molecule has 0 aliphatic carbocycles. The molecule has 1 aromatic rings. The molecule has 2 aliphatic heterocycles. The zero-order valence-corrected chi connectivity index (χ0v) is 19.2. The van der Waals surface area contributed by atoms with Gasteiger partial charge in [0.05, 0.1) is 12.6 Å². The van der Waals surface area contributed by atoms with E-state index in [2.05, 4.69) is 60.2 Å². The fourth-order valence-electron chi connectivity index (χ4n) is 4.09. The minimum absolute atomic E-state index is 0. The van der Waals surface area contributed by atoms with Crippen LogP contribution in [0.25, 0.3) is 0 Å². The summed E-state index contributed by atoms with van der Waals surface area (Å²) in [5.74, 6) is 1.50. The predicted molar refractivity (Wildman–Crippen MR) is 123 cm³/mol. The Morgan fingerprint density at radius 1 is 1.26 bits per heavy atom. The molecule has 0 radical (unpaired) electrons. The van der Waals surface area contributed by atoms with Crippen molar-refractivity contribution in [1.29, 1.82) is 0 Å². The van der Waals surface area contributed by atoms with Crippen molar-refractivity contribution in [2.24, 2.45) is 10.9 Å². The summed E-state index contributed by atoms with van der Waals surface area (Å²) in [5.41, 5.74) is 2.96. The number of nitrogens with zero attached hydrogens (tertiary/aromatic N) is 3. The summed E-state index contributed by atoms with van der Waals surface area (Å²) in [6.07, 6.45) is 1.74. The van der Waals surface area contributed by atoms with Gasteiger partial charge >= 0.3 is 0 Å². The van der Waals surface area contributed by atoms with E-state index >= 15 is 0 Å². The van der Waals surface area contributed by atoms with Crippen LogP contribution in [0.5, 0.6) is 0 Å². The van der Waals surface area contributed by atoms with E-state index in [-0.39, 0.29) is 30.1 Å². The van der Waals surface area contributed by atoms with Crippen molar-refractivity contribution in [3.8, 4) is 0 Å². The number of aliphatic hydroxyl groups is 1. The van der Waals surface area contributed by atoms with Gasteiger partial charge < -0.3 is 15.3 Å². The smallest absolute Gasteiger partial charge is 0.194 e. The maximum absolute atomic E-state index is 9.85. The van der Waals surface area contributed by atoms with Crippen LogP contribution in [-0.4, -0.2) is 65.7 Å². The van der Waals surface area contributed by atoms with Crippen LogP contribution in [0.2, 0.25) is 0 Å². The number of β-amino-alcohol motifs (C(OH)–C–C–N with tert-alkyl or cyclic N) is 1. The highest BCUT2D eigenvalue weighted by atomic mass is 127. The molecule has 1 aromatic carbocycles. The second kappa shape index (κ2) is 10.6. The lowest BCUT2D eigenvalue weighted by Gasteiger charge is -2.37. The topological polar surface area (TPSA) is 51.1 Å². The van der Waals surface area contributed by atoms with Crippen molar-refractivity contribution in [3.63, 3.8) is 0 Å². The first-order valence-electron chi connectivity index (χ1n) is 10.1. The number of likely N-dealkylation sites (tertiary alicyclic amines) is 1. The van der Waals surface area contributed by atoms with Crippen LogP contribution in [-0.2, 0) is 13.0 Å². The summed E-state index contributed by atoms with van der Waals surface area (Å²) >= 11 is 0. The number of nitrogens with one attached hydrogen (secondary N) is 1. The Balaban J connectivity index is 0.00000261. The molecule has 1 saturated heterocycles. The summed E-state index contributed by atoms with van der Waals surface area (Å²) in [5, 5.41) is 13.3. The standard InChI is InChI=1S/C21H34N4O.HI/c1-4-22-21(25-12-10-19(26)15-25)23-13-20(16(2)3)24-11-9-17-7-5-6-8-18(17)14-24;/h5-8,16,19-20,26H,4,9-15H2,1-3H3,(H,22,23);1H/t19-,20?;/m1./s1. The van der Waals surface area contributed by atoms with Gasteiger partial charge in [0, 0.05) is 38.8 Å². The van der Waals surface area contributed by atoms with Gasteiger partial charge in [0.25, 0.3) is 0 Å². The van der Waals surface area contributed by atoms with Gasteiger partial charge in [-0.05, 0) is 36.8 Å². The van der Waals surface area contributed by atoms with E-state index in [0.717, 1.165) is 51.5 Å². The largest absolute Gasteiger partial charge is 0.391 e. The number of fused-ring (bicyclic) bond motifs is 1. The Morgan fingerprint density at radius 2 is 2.00 bits per heavy atom. The number of halogens is 1. The van der Waals surface area contributed by atoms with E-state index in [1.165, 1.54) is 11.1 Å². The molecule has 0 amide bonds. The van der Waals surface area contributed by atoms with Crippen LogP contribution in [0.3, 0.4) is 0 Å². The van der Waals surface area contributed by atoms with Gasteiger partial charge in [-0.2, -0.15) is 0 Å². The number of rotatable bonds is 5. The molecule has 0 saturated carbocycles. The molecule has 1 fully saturated rings. The molecule has 3 rings (SSSR count). The quantitative estimate of drug-likeness (QED) is 0.382. The molecule has 2 N–H and O–H groups in total. The van der Waals surface area contributed by atoms with E-state index in [1.807, 2.05) is 0 Å². The Morgan fingerprint density at radius 3 is 2.63 bits per heavy atom. The van der Waals surface area contributed by atoms with E-state index in [0.29, 0.717) is 18.5 Å². The summed E-state index contributed by atoms with van der Waals surface area (Å²) in [6.45, 7) is 12.1. The first-order chi connectivity index (χ1) is 12.6. The third-order valence-corrected chi connectivity index (χ3v) is 5.62. The summed E-state index contributed by atoms with van der Waals surface area (Å²) in [6, 6.07) is 9.25. The van der Waals surface area contributed by atoms with Crippen molar-refractivity contribution < 1.29 is 5.11 Å². The zero-order chi connectivity index (χ0) is 18.5. The normalized spacial score (nSPS) is 21.7. The summed E-state index contributed by atoms with van der Waals surface area (Å²) < 4.78 is 0. The zero-order valence-electron chi connectivity index (χ0n) is 16.9. The van der Waals surface area contributed by atoms with Crippen molar-refractivity contribution in [3.05, 3.63) is 35.4 Å². The minimum Gasteiger partial charge on any atom is -0.391 e. The van der Waals surface area contributed by atoms with Crippen molar-refractivity contribution in [1.82, 2.24) is 15.1 Å². The molecule has 0 spiro atoms. The van der Waals surface area contributed by atoms with Gasteiger partial charge in [-0.3, -0.25) is 9.89 Å². The lowest BCUT2D eigenvalue weighted by Crippen LogP contribution is -2.46. The highest BCUT2D eigenvalue weighted by molar-refractivity contribution is 14.0. The number of guanidine groups is 1. The molecule has 2 aliphatic rings. The molecule has 1 unspecified atom stereocenters. The Bertz CT molecular complexity index is 622. The fraction of sp³-hybridized carbons (Fsp3) is 0.667. The van der Waals surface area contributed by atoms with Crippen LogP contribution < -0.4 is 5.32 Å². The molecule has 152 valence electrons. The van der Waals surface area contributed by atoms with E-state index in [1.54, 1.807) is 0 Å². The highest BCUT2D eigenvalue weighted by Gasteiger charge is 2.27. The number of hydrogen-bond acceptors (Lipinski definition) is 3. The van der Waals surface area contributed by atoms with Gasteiger partial charge in [-0.15, -0.1) is 24.0 Å². The Hall–Kier alpha value is -0.860. The van der Waals surface area contributed by atoms with Gasteiger partial charge in [0.1, 0.15) is 0 Å². The number of hydrogen-bond donors (Lipinski definition) is 2. The van der Waals surface area contributed by atoms with Gasteiger partial charge in [0.2, 0.25) is 0 Å². The maximum atomic E-state index is 9.85. The van der Waals surface area contributed by atoms with Gasteiger partial charge in [-0.25, -0.2) is 0 Å². The summed E-state index contributed by atoms with van der Waals surface area (Å²) in [7, 11) is 0.